The van der Waals surface area contributed by atoms with Gasteiger partial charge in [0.05, 0.1) is 11.9 Å². The van der Waals surface area contributed by atoms with E-state index in [9.17, 15) is 4.79 Å². The molecule has 0 unspecified atom stereocenters. The van der Waals surface area contributed by atoms with Crippen molar-refractivity contribution in [3.05, 3.63) is 52.6 Å². The second-order valence-electron chi connectivity index (χ2n) is 4.23. The third-order valence-corrected chi connectivity index (χ3v) is 2.80. The Labute approximate surface area is 116 Å². The van der Waals surface area contributed by atoms with Crippen LogP contribution in [0.1, 0.15) is 28.5 Å². The van der Waals surface area contributed by atoms with E-state index in [2.05, 4.69) is 15.3 Å². The molecule has 2 aromatic heterocycles. The number of nitrogens with zero attached hydrogens (tertiary/aromatic N) is 2. The maximum absolute atomic E-state index is 12.1. The molecule has 1 N–H and O–H groups in total. The molecule has 0 atom stereocenters. The minimum absolute atomic E-state index is 0.216. The molecular formula is C14H14ClN3O. The van der Waals surface area contributed by atoms with Gasteiger partial charge in [0.2, 0.25) is 0 Å². The van der Waals surface area contributed by atoms with Crippen LogP contribution in [0.3, 0.4) is 0 Å². The summed E-state index contributed by atoms with van der Waals surface area (Å²) in [6, 6.07) is 5.15. The van der Waals surface area contributed by atoms with Gasteiger partial charge in [0.15, 0.2) is 0 Å². The number of pyridine rings is 2. The Balaban J connectivity index is 2.22. The summed E-state index contributed by atoms with van der Waals surface area (Å²) < 4.78 is 0. The average Bonchev–Trinajstić information content (AvgIpc) is 2.38. The highest BCUT2D eigenvalue weighted by Gasteiger charge is 2.09. The van der Waals surface area contributed by atoms with Crippen molar-refractivity contribution in [1.29, 1.82) is 0 Å². The number of hydrogen-bond acceptors (Lipinski definition) is 3. The van der Waals surface area contributed by atoms with Crippen molar-refractivity contribution in [2.75, 3.05) is 5.32 Å². The molecule has 98 valence electrons. The first-order chi connectivity index (χ1) is 9.08. The number of nitrogens with one attached hydrogen (secondary N) is 1. The molecule has 4 nitrogen and oxygen atoms in total. The third kappa shape index (κ3) is 3.51. The van der Waals surface area contributed by atoms with Gasteiger partial charge in [0.1, 0.15) is 5.15 Å². The highest BCUT2D eigenvalue weighted by molar-refractivity contribution is 6.29. The van der Waals surface area contributed by atoms with E-state index >= 15 is 0 Å². The molecule has 2 aromatic rings. The molecule has 0 bridgehead atoms. The van der Waals surface area contributed by atoms with Crippen LogP contribution in [0.15, 0.2) is 30.6 Å². The summed E-state index contributed by atoms with van der Waals surface area (Å²) in [4.78, 5) is 20.3. The predicted octanol–water partition coefficient (Wildman–Crippen LogP) is 3.25. The van der Waals surface area contributed by atoms with Crippen LogP contribution in [0.2, 0.25) is 5.15 Å². The summed E-state index contributed by atoms with van der Waals surface area (Å²) >= 11 is 5.90. The molecule has 0 aliphatic heterocycles. The van der Waals surface area contributed by atoms with Crippen LogP contribution in [0.5, 0.6) is 0 Å². The van der Waals surface area contributed by atoms with Gasteiger partial charge in [0, 0.05) is 17.5 Å². The summed E-state index contributed by atoms with van der Waals surface area (Å²) in [5, 5.41) is 3.12. The van der Waals surface area contributed by atoms with Gasteiger partial charge in [-0.15, -0.1) is 0 Å². The fourth-order valence-corrected chi connectivity index (χ4v) is 1.92. The van der Waals surface area contributed by atoms with Gasteiger partial charge in [-0.3, -0.25) is 9.78 Å². The molecule has 0 radical (unpaired) electrons. The molecule has 5 heteroatoms. The SMILES string of the molecule is CCc1cc(C(=O)Nc2cncc(C)c2)cc(Cl)n1. The van der Waals surface area contributed by atoms with Crippen LogP contribution in [0.4, 0.5) is 5.69 Å². The highest BCUT2D eigenvalue weighted by atomic mass is 35.5. The first kappa shape index (κ1) is 13.5. The first-order valence-corrected chi connectivity index (χ1v) is 6.35. The number of carbonyl (C=O) groups excluding carboxylic acids is 1. The predicted molar refractivity (Wildman–Crippen MR) is 75.6 cm³/mol. The third-order valence-electron chi connectivity index (χ3n) is 2.60. The number of rotatable bonds is 3. The number of halogens is 1. The van der Waals surface area contributed by atoms with E-state index in [1.807, 2.05) is 19.9 Å². The smallest absolute Gasteiger partial charge is 0.255 e. The summed E-state index contributed by atoms with van der Waals surface area (Å²) in [5.41, 5.74) is 2.94. The van der Waals surface area contributed by atoms with Gasteiger partial charge in [-0.2, -0.15) is 0 Å². The van der Waals surface area contributed by atoms with Crippen LogP contribution in [-0.4, -0.2) is 15.9 Å². The van der Waals surface area contributed by atoms with Crippen molar-refractivity contribution in [2.45, 2.75) is 20.3 Å². The lowest BCUT2D eigenvalue weighted by atomic mass is 10.2. The van der Waals surface area contributed by atoms with Crippen LogP contribution >= 0.6 is 11.6 Å². The second kappa shape index (κ2) is 5.80. The first-order valence-electron chi connectivity index (χ1n) is 5.98. The lowest BCUT2D eigenvalue weighted by Gasteiger charge is -2.07. The largest absolute Gasteiger partial charge is 0.321 e. The van der Waals surface area contributed by atoms with Gasteiger partial charge >= 0.3 is 0 Å². The molecule has 1 amide bonds. The zero-order chi connectivity index (χ0) is 13.8. The Morgan fingerprint density at radius 3 is 2.79 bits per heavy atom. The van der Waals surface area contributed by atoms with E-state index in [4.69, 9.17) is 11.6 Å². The van der Waals surface area contributed by atoms with Gasteiger partial charge in [0.25, 0.3) is 5.91 Å². The maximum atomic E-state index is 12.1. The summed E-state index contributed by atoms with van der Waals surface area (Å²) in [5.74, 6) is -0.216. The zero-order valence-electron chi connectivity index (χ0n) is 10.8. The number of carbonyl (C=O) groups is 1. The molecule has 0 fully saturated rings. The van der Waals surface area contributed by atoms with Gasteiger partial charge in [-0.1, -0.05) is 18.5 Å². The molecule has 0 aliphatic carbocycles. The van der Waals surface area contributed by atoms with Crippen LogP contribution in [-0.2, 0) is 6.42 Å². The highest BCUT2D eigenvalue weighted by Crippen LogP contribution is 2.14. The number of aryl methyl sites for hydroxylation is 2. The van der Waals surface area contributed by atoms with Crippen LogP contribution in [0.25, 0.3) is 0 Å². The van der Waals surface area contributed by atoms with E-state index < -0.39 is 0 Å². The fourth-order valence-electron chi connectivity index (χ4n) is 1.69. The molecular weight excluding hydrogens is 262 g/mol. The van der Waals surface area contributed by atoms with Crippen molar-refractivity contribution in [1.82, 2.24) is 9.97 Å². The van der Waals surface area contributed by atoms with Crippen LogP contribution in [0, 0.1) is 6.92 Å². The molecule has 0 spiro atoms. The maximum Gasteiger partial charge on any atom is 0.255 e. The Kier molecular flexibility index (Phi) is 4.12. The summed E-state index contributed by atoms with van der Waals surface area (Å²) in [6.45, 7) is 3.88. The number of aromatic nitrogens is 2. The molecule has 0 saturated heterocycles. The monoisotopic (exact) mass is 275 g/mol. The minimum atomic E-state index is -0.216. The van der Waals surface area contributed by atoms with Crippen molar-refractivity contribution >= 4 is 23.2 Å². The lowest BCUT2D eigenvalue weighted by molar-refractivity contribution is 0.102. The number of anilines is 1. The zero-order valence-corrected chi connectivity index (χ0v) is 11.5. The standard InChI is InChI=1S/C14H14ClN3O/c1-3-11-5-10(6-13(15)17-11)14(19)18-12-4-9(2)7-16-8-12/h4-8H,3H2,1-2H3,(H,18,19). The van der Waals surface area contributed by atoms with E-state index in [1.165, 1.54) is 0 Å². The molecule has 2 rings (SSSR count). The van der Waals surface area contributed by atoms with E-state index in [0.717, 1.165) is 17.7 Å². The number of amides is 1. The van der Waals surface area contributed by atoms with Gasteiger partial charge in [-0.05, 0) is 37.1 Å². The van der Waals surface area contributed by atoms with Crippen molar-refractivity contribution in [3.8, 4) is 0 Å². The van der Waals surface area contributed by atoms with Gasteiger partial charge < -0.3 is 5.32 Å². The topological polar surface area (TPSA) is 54.9 Å². The Morgan fingerprint density at radius 1 is 1.32 bits per heavy atom. The van der Waals surface area contributed by atoms with E-state index in [0.29, 0.717) is 16.4 Å². The normalized spacial score (nSPS) is 10.3. The Hall–Kier alpha value is -1.94. The summed E-state index contributed by atoms with van der Waals surface area (Å²) in [6.07, 6.45) is 4.06. The Morgan fingerprint density at radius 2 is 2.11 bits per heavy atom. The van der Waals surface area contributed by atoms with Gasteiger partial charge in [-0.25, -0.2) is 4.98 Å². The average molecular weight is 276 g/mol. The van der Waals surface area contributed by atoms with Crippen molar-refractivity contribution in [2.24, 2.45) is 0 Å². The number of hydrogen-bond donors (Lipinski definition) is 1. The summed E-state index contributed by atoms with van der Waals surface area (Å²) in [7, 11) is 0. The Bertz CT molecular complexity index is 613. The molecule has 0 saturated carbocycles. The molecule has 0 aliphatic rings. The molecule has 19 heavy (non-hydrogen) atoms. The lowest BCUT2D eigenvalue weighted by Crippen LogP contribution is -2.13. The minimum Gasteiger partial charge on any atom is -0.321 e. The second-order valence-corrected chi connectivity index (χ2v) is 4.62. The molecule has 2 heterocycles. The van der Waals surface area contributed by atoms with E-state index in [-0.39, 0.29) is 5.91 Å². The fraction of sp³-hybridized carbons (Fsp3) is 0.214. The van der Waals surface area contributed by atoms with E-state index in [1.54, 1.807) is 24.5 Å². The quantitative estimate of drug-likeness (QED) is 0.875. The van der Waals surface area contributed by atoms with Crippen molar-refractivity contribution in [3.63, 3.8) is 0 Å². The van der Waals surface area contributed by atoms with Crippen LogP contribution < -0.4 is 5.32 Å². The molecule has 0 aromatic carbocycles. The van der Waals surface area contributed by atoms with Crippen molar-refractivity contribution < 1.29 is 4.79 Å².